The number of aryl methyl sites for hydroxylation is 1. The van der Waals surface area contributed by atoms with Crippen molar-refractivity contribution in [3.8, 4) is 0 Å². The fourth-order valence-corrected chi connectivity index (χ4v) is 1.96. The van der Waals surface area contributed by atoms with Gasteiger partial charge in [-0.25, -0.2) is 0 Å². The second-order valence-corrected chi connectivity index (χ2v) is 4.21. The molecule has 0 bridgehead atoms. The standard InChI is InChI=1S/C12H23N3/c1-5-12(6-2,7-3)13-8-11-9-14-15-10(11)4/h9,13H,5-8H2,1-4H3,(H,14,15). The Morgan fingerprint density at radius 2 is 1.87 bits per heavy atom. The van der Waals surface area contributed by atoms with E-state index in [2.05, 4.69) is 43.2 Å². The van der Waals surface area contributed by atoms with Crippen LogP contribution in [0.25, 0.3) is 0 Å². The van der Waals surface area contributed by atoms with Crippen molar-refractivity contribution in [2.45, 2.75) is 59.0 Å². The van der Waals surface area contributed by atoms with Crippen LogP contribution in [0.2, 0.25) is 0 Å². The smallest absolute Gasteiger partial charge is 0.0535 e. The third-order valence-corrected chi connectivity index (χ3v) is 3.62. The van der Waals surface area contributed by atoms with Crippen molar-refractivity contribution in [2.24, 2.45) is 0 Å². The molecule has 0 spiro atoms. The molecule has 0 fully saturated rings. The first-order valence-electron chi connectivity index (χ1n) is 5.91. The molecule has 0 saturated carbocycles. The van der Waals surface area contributed by atoms with Gasteiger partial charge < -0.3 is 5.32 Å². The number of nitrogens with one attached hydrogen (secondary N) is 2. The molecule has 0 radical (unpaired) electrons. The number of rotatable bonds is 6. The summed E-state index contributed by atoms with van der Waals surface area (Å²) in [5, 5.41) is 10.7. The van der Waals surface area contributed by atoms with Crippen molar-refractivity contribution < 1.29 is 0 Å². The molecule has 1 heterocycles. The number of hydrogen-bond donors (Lipinski definition) is 2. The Kier molecular flexibility index (Phi) is 4.33. The van der Waals surface area contributed by atoms with Gasteiger partial charge in [-0.3, -0.25) is 5.10 Å². The Bertz CT molecular complexity index is 279. The number of nitrogens with zero attached hydrogens (tertiary/aromatic N) is 1. The van der Waals surface area contributed by atoms with Crippen LogP contribution in [0.1, 0.15) is 51.3 Å². The largest absolute Gasteiger partial charge is 0.307 e. The number of aromatic nitrogens is 2. The Balaban J connectivity index is 2.58. The van der Waals surface area contributed by atoms with Gasteiger partial charge in [0.2, 0.25) is 0 Å². The summed E-state index contributed by atoms with van der Waals surface area (Å²) in [6.07, 6.45) is 5.44. The average Bonchev–Trinajstić information content (AvgIpc) is 2.67. The van der Waals surface area contributed by atoms with E-state index in [1.54, 1.807) is 0 Å². The molecular weight excluding hydrogens is 186 g/mol. The second kappa shape index (κ2) is 5.31. The van der Waals surface area contributed by atoms with Gasteiger partial charge in [-0.05, 0) is 26.2 Å². The van der Waals surface area contributed by atoms with Crippen molar-refractivity contribution in [3.05, 3.63) is 17.5 Å². The molecule has 0 unspecified atom stereocenters. The van der Waals surface area contributed by atoms with Crippen LogP contribution in [0, 0.1) is 6.92 Å². The molecule has 3 nitrogen and oxygen atoms in total. The minimum atomic E-state index is 0.295. The lowest BCUT2D eigenvalue weighted by molar-refractivity contribution is 0.288. The summed E-state index contributed by atoms with van der Waals surface area (Å²) in [5.74, 6) is 0. The topological polar surface area (TPSA) is 40.7 Å². The van der Waals surface area contributed by atoms with Gasteiger partial charge in [0.25, 0.3) is 0 Å². The first kappa shape index (κ1) is 12.2. The Labute approximate surface area is 92.7 Å². The molecule has 3 heteroatoms. The van der Waals surface area contributed by atoms with E-state index in [0.717, 1.165) is 6.54 Å². The third-order valence-electron chi connectivity index (χ3n) is 3.62. The Morgan fingerprint density at radius 1 is 1.27 bits per heavy atom. The molecule has 1 rings (SSSR count). The van der Waals surface area contributed by atoms with Crippen molar-refractivity contribution in [2.75, 3.05) is 0 Å². The fraction of sp³-hybridized carbons (Fsp3) is 0.750. The van der Waals surface area contributed by atoms with Crippen LogP contribution < -0.4 is 5.32 Å². The van der Waals surface area contributed by atoms with Gasteiger partial charge in [0.15, 0.2) is 0 Å². The maximum absolute atomic E-state index is 4.03. The van der Waals surface area contributed by atoms with E-state index >= 15 is 0 Å². The lowest BCUT2D eigenvalue weighted by atomic mass is 9.89. The zero-order valence-corrected chi connectivity index (χ0v) is 10.4. The summed E-state index contributed by atoms with van der Waals surface area (Å²) in [6.45, 7) is 9.74. The summed E-state index contributed by atoms with van der Waals surface area (Å²) in [6, 6.07) is 0. The molecule has 15 heavy (non-hydrogen) atoms. The van der Waals surface area contributed by atoms with Crippen LogP contribution in [-0.4, -0.2) is 15.7 Å². The predicted octanol–water partition coefficient (Wildman–Crippen LogP) is 2.78. The summed E-state index contributed by atoms with van der Waals surface area (Å²) >= 11 is 0. The van der Waals surface area contributed by atoms with Gasteiger partial charge >= 0.3 is 0 Å². The van der Waals surface area contributed by atoms with Gasteiger partial charge in [-0.15, -0.1) is 0 Å². The molecule has 1 aromatic rings. The number of hydrogen-bond acceptors (Lipinski definition) is 2. The first-order valence-corrected chi connectivity index (χ1v) is 5.91. The van der Waals surface area contributed by atoms with Gasteiger partial charge in [0.05, 0.1) is 6.20 Å². The minimum Gasteiger partial charge on any atom is -0.307 e. The van der Waals surface area contributed by atoms with Crippen molar-refractivity contribution in [1.82, 2.24) is 15.5 Å². The van der Waals surface area contributed by atoms with E-state index in [1.165, 1.54) is 30.5 Å². The summed E-state index contributed by atoms with van der Waals surface area (Å²) in [5.41, 5.74) is 2.73. The van der Waals surface area contributed by atoms with E-state index in [1.807, 2.05) is 6.20 Å². The van der Waals surface area contributed by atoms with Crippen LogP contribution in [0.15, 0.2) is 6.20 Å². The second-order valence-electron chi connectivity index (χ2n) is 4.21. The quantitative estimate of drug-likeness (QED) is 0.756. The molecule has 86 valence electrons. The van der Waals surface area contributed by atoms with Crippen LogP contribution in [0.5, 0.6) is 0 Å². The molecule has 2 N–H and O–H groups in total. The predicted molar refractivity (Wildman–Crippen MR) is 63.8 cm³/mol. The highest BCUT2D eigenvalue weighted by Crippen LogP contribution is 2.20. The van der Waals surface area contributed by atoms with Crippen molar-refractivity contribution >= 4 is 0 Å². The Hall–Kier alpha value is -0.830. The van der Waals surface area contributed by atoms with Crippen molar-refractivity contribution in [1.29, 1.82) is 0 Å². The van der Waals surface area contributed by atoms with E-state index in [0.29, 0.717) is 5.54 Å². The van der Waals surface area contributed by atoms with Crippen LogP contribution in [0.3, 0.4) is 0 Å². The summed E-state index contributed by atoms with van der Waals surface area (Å²) in [4.78, 5) is 0. The summed E-state index contributed by atoms with van der Waals surface area (Å²) < 4.78 is 0. The zero-order valence-electron chi connectivity index (χ0n) is 10.4. The summed E-state index contributed by atoms with van der Waals surface area (Å²) in [7, 11) is 0. The zero-order chi connectivity index (χ0) is 11.3. The molecule has 0 saturated heterocycles. The lowest BCUT2D eigenvalue weighted by Gasteiger charge is -2.32. The molecule has 0 amide bonds. The molecular formula is C12H23N3. The van der Waals surface area contributed by atoms with Gasteiger partial charge in [-0.2, -0.15) is 5.10 Å². The molecule has 0 atom stereocenters. The number of H-pyrrole nitrogens is 1. The monoisotopic (exact) mass is 209 g/mol. The number of aromatic amines is 1. The van der Waals surface area contributed by atoms with Crippen LogP contribution in [-0.2, 0) is 6.54 Å². The minimum absolute atomic E-state index is 0.295. The highest BCUT2D eigenvalue weighted by Gasteiger charge is 2.22. The highest BCUT2D eigenvalue weighted by atomic mass is 15.1. The van der Waals surface area contributed by atoms with Crippen molar-refractivity contribution in [3.63, 3.8) is 0 Å². The molecule has 0 aliphatic rings. The molecule has 0 aromatic carbocycles. The average molecular weight is 209 g/mol. The van der Waals surface area contributed by atoms with Crippen LogP contribution >= 0.6 is 0 Å². The van der Waals surface area contributed by atoms with Gasteiger partial charge in [0.1, 0.15) is 0 Å². The van der Waals surface area contributed by atoms with E-state index in [9.17, 15) is 0 Å². The molecule has 0 aliphatic heterocycles. The van der Waals surface area contributed by atoms with Gasteiger partial charge in [-0.1, -0.05) is 20.8 Å². The van der Waals surface area contributed by atoms with E-state index in [-0.39, 0.29) is 0 Å². The SMILES string of the molecule is CCC(CC)(CC)NCc1cn[nH]c1C. The maximum Gasteiger partial charge on any atom is 0.0535 e. The maximum atomic E-state index is 4.03. The molecule has 0 aliphatic carbocycles. The lowest BCUT2D eigenvalue weighted by Crippen LogP contribution is -2.43. The van der Waals surface area contributed by atoms with Crippen LogP contribution in [0.4, 0.5) is 0 Å². The molecule has 1 aromatic heterocycles. The Morgan fingerprint density at radius 3 is 2.27 bits per heavy atom. The van der Waals surface area contributed by atoms with Gasteiger partial charge in [0, 0.05) is 23.3 Å². The third kappa shape index (κ3) is 2.81. The fourth-order valence-electron chi connectivity index (χ4n) is 1.96. The highest BCUT2D eigenvalue weighted by molar-refractivity contribution is 5.14. The normalized spacial score (nSPS) is 12.0. The van der Waals surface area contributed by atoms with E-state index in [4.69, 9.17) is 0 Å². The van der Waals surface area contributed by atoms with E-state index < -0.39 is 0 Å². The first-order chi connectivity index (χ1) is 7.17.